The predicted octanol–water partition coefficient (Wildman–Crippen LogP) is 3.01. The number of hydrogen-bond donors (Lipinski definition) is 2. The molecule has 0 aromatic heterocycles. The van der Waals surface area contributed by atoms with Gasteiger partial charge in [-0.3, -0.25) is 4.79 Å². The molecular weight excluding hydrogens is 464 g/mol. The van der Waals surface area contributed by atoms with E-state index in [2.05, 4.69) is 10.5 Å². The van der Waals surface area contributed by atoms with Crippen molar-refractivity contribution in [2.75, 3.05) is 32.1 Å². The van der Waals surface area contributed by atoms with Gasteiger partial charge < -0.3 is 10.0 Å². The summed E-state index contributed by atoms with van der Waals surface area (Å²) in [5.74, 6) is -0.368. The summed E-state index contributed by atoms with van der Waals surface area (Å²) in [6, 6.07) is 21.0. The maximum Gasteiger partial charge on any atom is 0.271 e. The van der Waals surface area contributed by atoms with Crippen LogP contribution in [0.2, 0.25) is 0 Å². The van der Waals surface area contributed by atoms with Crippen LogP contribution >= 0.6 is 0 Å². The van der Waals surface area contributed by atoms with E-state index in [-0.39, 0.29) is 24.0 Å². The highest BCUT2D eigenvalue weighted by molar-refractivity contribution is 7.89. The second-order valence-corrected chi connectivity index (χ2v) is 10.3. The smallest absolute Gasteiger partial charge is 0.271 e. The monoisotopic (exact) mass is 494 g/mol. The van der Waals surface area contributed by atoms with E-state index in [9.17, 15) is 13.2 Å². The van der Waals surface area contributed by atoms with Crippen LogP contribution in [0.25, 0.3) is 0 Å². The first-order valence-electron chi connectivity index (χ1n) is 11.1. The number of rotatable bonds is 10. The molecule has 35 heavy (non-hydrogen) atoms. The van der Waals surface area contributed by atoms with Gasteiger partial charge >= 0.3 is 0 Å². The Morgan fingerprint density at radius 2 is 1.60 bits per heavy atom. The number of anilines is 1. The number of nitrogens with zero attached hydrogens (tertiary/aromatic N) is 3. The van der Waals surface area contributed by atoms with Gasteiger partial charge in [-0.1, -0.05) is 42.0 Å². The highest BCUT2D eigenvalue weighted by atomic mass is 32.2. The minimum absolute atomic E-state index is 0.0793. The molecule has 9 heteroatoms. The first-order valence-corrected chi connectivity index (χ1v) is 12.5. The average molecular weight is 495 g/mol. The molecular formula is C26H30N4O4S. The van der Waals surface area contributed by atoms with Crippen molar-refractivity contribution in [1.82, 2.24) is 9.73 Å². The van der Waals surface area contributed by atoms with Gasteiger partial charge in [0.2, 0.25) is 10.0 Å². The molecule has 2 N–H and O–H groups in total. The molecule has 0 bridgehead atoms. The van der Waals surface area contributed by atoms with Gasteiger partial charge in [-0.25, -0.2) is 13.8 Å². The molecule has 0 aliphatic rings. The summed E-state index contributed by atoms with van der Waals surface area (Å²) in [5, 5.41) is 13.0. The van der Waals surface area contributed by atoms with E-state index in [1.807, 2.05) is 43.1 Å². The normalized spacial score (nSPS) is 11.7. The number of nitrogens with one attached hydrogen (secondary N) is 1. The molecule has 0 saturated heterocycles. The maximum absolute atomic E-state index is 12.8. The molecule has 0 atom stereocenters. The SMILES string of the molecule is Cc1ccc(S(=O)(=O)N(C)Cc2ccc(C(=O)NN=Cc3ccc(N(C)CCO)cc3)cc2)cc1. The van der Waals surface area contributed by atoms with Gasteiger partial charge in [0.25, 0.3) is 5.91 Å². The number of sulfonamides is 1. The summed E-state index contributed by atoms with van der Waals surface area (Å²) >= 11 is 0. The van der Waals surface area contributed by atoms with Crippen LogP contribution in [0, 0.1) is 6.92 Å². The summed E-state index contributed by atoms with van der Waals surface area (Å²) in [6.07, 6.45) is 1.55. The first kappa shape index (κ1) is 26.1. The lowest BCUT2D eigenvalue weighted by atomic mass is 10.1. The number of carbonyl (C=O) groups is 1. The van der Waals surface area contributed by atoms with E-state index < -0.39 is 10.0 Å². The molecule has 0 unspecified atom stereocenters. The third kappa shape index (κ3) is 6.98. The highest BCUT2D eigenvalue weighted by Crippen LogP contribution is 2.18. The molecule has 0 fully saturated rings. The summed E-state index contributed by atoms with van der Waals surface area (Å²) in [7, 11) is -0.184. The molecule has 0 aliphatic heterocycles. The van der Waals surface area contributed by atoms with Crippen molar-refractivity contribution < 1.29 is 18.3 Å². The molecule has 1 amide bonds. The predicted molar refractivity (Wildman–Crippen MR) is 138 cm³/mol. The molecule has 3 rings (SSSR count). The van der Waals surface area contributed by atoms with Crippen LogP contribution < -0.4 is 10.3 Å². The number of likely N-dealkylation sites (N-methyl/N-ethyl adjacent to an activating group) is 1. The lowest BCUT2D eigenvalue weighted by Crippen LogP contribution is -2.26. The van der Waals surface area contributed by atoms with Gasteiger partial charge in [-0.2, -0.15) is 9.41 Å². The van der Waals surface area contributed by atoms with Gasteiger partial charge in [-0.15, -0.1) is 0 Å². The van der Waals surface area contributed by atoms with Crippen molar-refractivity contribution in [3.8, 4) is 0 Å². The Hall–Kier alpha value is -3.53. The fourth-order valence-corrected chi connectivity index (χ4v) is 4.48. The average Bonchev–Trinajstić information content (AvgIpc) is 2.85. The zero-order valence-corrected chi connectivity index (χ0v) is 20.9. The van der Waals surface area contributed by atoms with Crippen molar-refractivity contribution in [2.24, 2.45) is 5.10 Å². The van der Waals surface area contributed by atoms with Crippen LogP contribution in [0.4, 0.5) is 5.69 Å². The van der Waals surface area contributed by atoms with E-state index in [0.717, 1.165) is 22.4 Å². The Balaban J connectivity index is 1.56. The summed E-state index contributed by atoms with van der Waals surface area (Å²) < 4.78 is 26.8. The van der Waals surface area contributed by atoms with E-state index in [1.54, 1.807) is 54.7 Å². The van der Waals surface area contributed by atoms with Crippen molar-refractivity contribution in [1.29, 1.82) is 0 Å². The molecule has 3 aromatic rings. The largest absolute Gasteiger partial charge is 0.395 e. The third-order valence-corrected chi connectivity index (χ3v) is 7.32. The molecule has 0 radical (unpaired) electrons. The number of aliphatic hydroxyl groups is 1. The summed E-state index contributed by atoms with van der Waals surface area (Å²) in [4.78, 5) is 14.6. The van der Waals surface area contributed by atoms with Gasteiger partial charge in [0.1, 0.15) is 0 Å². The van der Waals surface area contributed by atoms with Crippen molar-refractivity contribution in [3.05, 3.63) is 95.1 Å². The Labute approximate surface area is 206 Å². The summed E-state index contributed by atoms with van der Waals surface area (Å²) in [6.45, 7) is 2.71. The van der Waals surface area contributed by atoms with Crippen LogP contribution in [0.5, 0.6) is 0 Å². The van der Waals surface area contributed by atoms with E-state index >= 15 is 0 Å². The number of hydrazone groups is 1. The number of aryl methyl sites for hydroxylation is 1. The number of hydrogen-bond acceptors (Lipinski definition) is 6. The molecule has 0 aliphatic carbocycles. The fraction of sp³-hybridized carbons (Fsp3) is 0.231. The number of benzene rings is 3. The quantitative estimate of drug-likeness (QED) is 0.333. The molecule has 0 heterocycles. The van der Waals surface area contributed by atoms with Gasteiger partial charge in [0.15, 0.2) is 0 Å². The molecule has 8 nitrogen and oxygen atoms in total. The minimum atomic E-state index is -3.61. The highest BCUT2D eigenvalue weighted by Gasteiger charge is 2.20. The van der Waals surface area contributed by atoms with E-state index in [4.69, 9.17) is 5.11 Å². The zero-order chi connectivity index (χ0) is 25.4. The second kappa shape index (κ2) is 11.7. The van der Waals surface area contributed by atoms with Crippen molar-refractivity contribution >= 4 is 27.8 Å². The maximum atomic E-state index is 12.8. The van der Waals surface area contributed by atoms with Gasteiger partial charge in [0.05, 0.1) is 17.7 Å². The molecule has 3 aromatic carbocycles. The van der Waals surface area contributed by atoms with Crippen LogP contribution in [-0.4, -0.2) is 57.2 Å². The number of amides is 1. The Morgan fingerprint density at radius 1 is 0.971 bits per heavy atom. The van der Waals surface area contributed by atoms with Crippen molar-refractivity contribution in [2.45, 2.75) is 18.4 Å². The number of carbonyl (C=O) groups excluding carboxylic acids is 1. The molecule has 0 spiro atoms. The van der Waals surface area contributed by atoms with Crippen LogP contribution in [0.3, 0.4) is 0 Å². The summed E-state index contributed by atoms with van der Waals surface area (Å²) in [5.41, 5.74) is 6.45. The van der Waals surface area contributed by atoms with Crippen LogP contribution in [-0.2, 0) is 16.6 Å². The Morgan fingerprint density at radius 3 is 2.20 bits per heavy atom. The Kier molecular flexibility index (Phi) is 8.75. The Bertz CT molecular complexity index is 1260. The molecule has 0 saturated carbocycles. The number of aliphatic hydroxyl groups excluding tert-OH is 1. The van der Waals surface area contributed by atoms with Crippen LogP contribution in [0.15, 0.2) is 82.8 Å². The lowest BCUT2D eigenvalue weighted by Gasteiger charge is -2.17. The fourth-order valence-electron chi connectivity index (χ4n) is 3.32. The van der Waals surface area contributed by atoms with Crippen molar-refractivity contribution in [3.63, 3.8) is 0 Å². The van der Waals surface area contributed by atoms with Gasteiger partial charge in [-0.05, 0) is 54.4 Å². The topological polar surface area (TPSA) is 102 Å². The minimum Gasteiger partial charge on any atom is -0.395 e. The standard InChI is InChI=1S/C26H30N4O4S/c1-20-4-14-25(15-5-20)35(33,34)30(3)19-22-6-10-23(11-7-22)26(32)28-27-18-21-8-12-24(13-9-21)29(2)16-17-31/h4-15,18,31H,16-17,19H2,1-3H3,(H,28,32). The first-order chi connectivity index (χ1) is 16.7. The third-order valence-electron chi connectivity index (χ3n) is 5.50. The second-order valence-electron chi connectivity index (χ2n) is 8.21. The zero-order valence-electron chi connectivity index (χ0n) is 20.0. The van der Waals surface area contributed by atoms with Gasteiger partial charge in [0, 0.05) is 38.4 Å². The van der Waals surface area contributed by atoms with Crippen LogP contribution in [0.1, 0.15) is 27.0 Å². The lowest BCUT2D eigenvalue weighted by molar-refractivity contribution is 0.0955. The van der Waals surface area contributed by atoms with E-state index in [0.29, 0.717) is 12.1 Å². The molecule has 184 valence electrons. The van der Waals surface area contributed by atoms with E-state index in [1.165, 1.54) is 11.4 Å².